The SMILES string of the molecule is CCCN(CC(=O)NC)c1nc(C)nc2c1CCCC2. The molecule has 1 amide bonds. The molecule has 0 aliphatic heterocycles. The number of likely N-dealkylation sites (N-methyl/N-ethyl adjacent to an activating group) is 1. The van der Waals surface area contributed by atoms with Gasteiger partial charge in [-0.1, -0.05) is 6.92 Å². The highest BCUT2D eigenvalue weighted by Gasteiger charge is 2.21. The van der Waals surface area contributed by atoms with Crippen LogP contribution in [0.1, 0.15) is 43.3 Å². The monoisotopic (exact) mass is 276 g/mol. The van der Waals surface area contributed by atoms with Crippen molar-refractivity contribution in [2.75, 3.05) is 25.0 Å². The van der Waals surface area contributed by atoms with E-state index in [1.54, 1.807) is 7.05 Å². The summed E-state index contributed by atoms with van der Waals surface area (Å²) >= 11 is 0. The Bertz CT molecular complexity index is 487. The fraction of sp³-hybridized carbons (Fsp3) is 0.667. The van der Waals surface area contributed by atoms with E-state index in [0.29, 0.717) is 6.54 Å². The molecule has 0 spiro atoms. The van der Waals surface area contributed by atoms with E-state index in [1.165, 1.54) is 24.1 Å². The number of anilines is 1. The zero-order valence-corrected chi connectivity index (χ0v) is 12.7. The molecule has 1 aliphatic rings. The summed E-state index contributed by atoms with van der Waals surface area (Å²) in [5.41, 5.74) is 2.43. The Morgan fingerprint density at radius 2 is 2.05 bits per heavy atom. The summed E-state index contributed by atoms with van der Waals surface area (Å²) < 4.78 is 0. The first-order chi connectivity index (χ1) is 9.65. The third-order valence-corrected chi connectivity index (χ3v) is 3.68. The first-order valence-electron chi connectivity index (χ1n) is 7.47. The molecule has 1 aliphatic carbocycles. The lowest BCUT2D eigenvalue weighted by molar-refractivity contribution is -0.119. The van der Waals surface area contributed by atoms with Crippen molar-refractivity contribution in [1.82, 2.24) is 15.3 Å². The van der Waals surface area contributed by atoms with Gasteiger partial charge in [-0.15, -0.1) is 0 Å². The van der Waals surface area contributed by atoms with Crippen molar-refractivity contribution in [1.29, 1.82) is 0 Å². The molecule has 0 bridgehead atoms. The molecule has 0 saturated carbocycles. The lowest BCUT2D eigenvalue weighted by Gasteiger charge is -2.27. The fourth-order valence-electron chi connectivity index (χ4n) is 2.74. The van der Waals surface area contributed by atoms with Gasteiger partial charge >= 0.3 is 0 Å². The molecule has 0 unspecified atom stereocenters. The number of fused-ring (bicyclic) bond motifs is 1. The molecule has 0 fully saturated rings. The van der Waals surface area contributed by atoms with Crippen molar-refractivity contribution in [3.05, 3.63) is 17.1 Å². The Kier molecular flexibility index (Phi) is 4.93. The van der Waals surface area contributed by atoms with Gasteiger partial charge in [0.1, 0.15) is 11.6 Å². The molecule has 1 aromatic rings. The number of hydrogen-bond donors (Lipinski definition) is 1. The Morgan fingerprint density at radius 3 is 2.75 bits per heavy atom. The first-order valence-corrected chi connectivity index (χ1v) is 7.47. The van der Waals surface area contributed by atoms with Gasteiger partial charge in [0, 0.05) is 24.8 Å². The predicted octanol–water partition coefficient (Wildman–Crippen LogP) is 1.63. The third kappa shape index (κ3) is 3.26. The van der Waals surface area contributed by atoms with Crippen LogP contribution in [0.25, 0.3) is 0 Å². The lowest BCUT2D eigenvalue weighted by Crippen LogP contribution is -2.37. The Balaban J connectivity index is 2.36. The predicted molar refractivity (Wildman–Crippen MR) is 80.0 cm³/mol. The van der Waals surface area contributed by atoms with Crippen molar-refractivity contribution in [2.45, 2.75) is 46.0 Å². The minimum Gasteiger partial charge on any atom is -0.358 e. The van der Waals surface area contributed by atoms with Crippen molar-refractivity contribution >= 4 is 11.7 Å². The Hall–Kier alpha value is -1.65. The highest BCUT2D eigenvalue weighted by molar-refractivity contribution is 5.81. The molecular weight excluding hydrogens is 252 g/mol. The van der Waals surface area contributed by atoms with E-state index >= 15 is 0 Å². The fourth-order valence-corrected chi connectivity index (χ4v) is 2.74. The molecule has 5 nitrogen and oxygen atoms in total. The minimum absolute atomic E-state index is 0.0271. The standard InChI is InChI=1S/C15H24N4O/c1-4-9-19(10-14(20)16-3)15-12-7-5-6-8-13(12)17-11(2)18-15/h4-10H2,1-3H3,(H,16,20). The number of nitrogens with zero attached hydrogens (tertiary/aromatic N) is 3. The van der Waals surface area contributed by atoms with Crippen molar-refractivity contribution in [2.24, 2.45) is 0 Å². The Labute approximate surface area is 120 Å². The maximum atomic E-state index is 11.7. The van der Waals surface area contributed by atoms with Crippen LogP contribution in [0, 0.1) is 6.92 Å². The number of hydrogen-bond acceptors (Lipinski definition) is 4. The smallest absolute Gasteiger partial charge is 0.239 e. The molecule has 0 radical (unpaired) electrons. The van der Waals surface area contributed by atoms with E-state index in [-0.39, 0.29) is 5.91 Å². The van der Waals surface area contributed by atoms with E-state index in [4.69, 9.17) is 0 Å². The normalized spacial score (nSPS) is 13.8. The van der Waals surface area contributed by atoms with Crippen LogP contribution < -0.4 is 10.2 Å². The molecule has 0 saturated heterocycles. The van der Waals surface area contributed by atoms with Crippen LogP contribution in [0.5, 0.6) is 0 Å². The van der Waals surface area contributed by atoms with Gasteiger partial charge in [0.25, 0.3) is 0 Å². The van der Waals surface area contributed by atoms with E-state index in [2.05, 4.69) is 27.1 Å². The van der Waals surface area contributed by atoms with Crippen LogP contribution in [0.3, 0.4) is 0 Å². The number of aryl methyl sites for hydroxylation is 2. The zero-order valence-electron chi connectivity index (χ0n) is 12.7. The quantitative estimate of drug-likeness (QED) is 0.888. The van der Waals surface area contributed by atoms with Gasteiger partial charge in [0.15, 0.2) is 0 Å². The summed E-state index contributed by atoms with van der Waals surface area (Å²) in [6.07, 6.45) is 5.44. The Morgan fingerprint density at radius 1 is 1.30 bits per heavy atom. The van der Waals surface area contributed by atoms with Crippen LogP contribution in [-0.4, -0.2) is 36.0 Å². The van der Waals surface area contributed by atoms with Crippen LogP contribution in [-0.2, 0) is 17.6 Å². The zero-order chi connectivity index (χ0) is 14.5. The average Bonchev–Trinajstić information content (AvgIpc) is 2.45. The van der Waals surface area contributed by atoms with E-state index in [9.17, 15) is 4.79 Å². The van der Waals surface area contributed by atoms with Gasteiger partial charge in [0.2, 0.25) is 5.91 Å². The number of carbonyl (C=O) groups excluding carboxylic acids is 1. The average molecular weight is 276 g/mol. The second-order valence-electron chi connectivity index (χ2n) is 5.32. The summed E-state index contributed by atoms with van der Waals surface area (Å²) in [5.74, 6) is 1.80. The first kappa shape index (κ1) is 14.8. The molecule has 20 heavy (non-hydrogen) atoms. The highest BCUT2D eigenvalue weighted by atomic mass is 16.1. The number of carbonyl (C=O) groups is 1. The number of aromatic nitrogens is 2. The van der Waals surface area contributed by atoms with Crippen LogP contribution in [0.15, 0.2) is 0 Å². The molecule has 1 heterocycles. The summed E-state index contributed by atoms with van der Waals surface area (Å²) in [6, 6.07) is 0. The van der Waals surface area contributed by atoms with E-state index < -0.39 is 0 Å². The molecule has 1 aromatic heterocycles. The van der Waals surface area contributed by atoms with Crippen molar-refractivity contribution in [3.8, 4) is 0 Å². The maximum Gasteiger partial charge on any atom is 0.239 e. The highest BCUT2D eigenvalue weighted by Crippen LogP contribution is 2.28. The molecule has 0 atom stereocenters. The largest absolute Gasteiger partial charge is 0.358 e. The van der Waals surface area contributed by atoms with E-state index in [1.807, 2.05) is 6.92 Å². The van der Waals surface area contributed by atoms with Gasteiger partial charge in [-0.25, -0.2) is 9.97 Å². The van der Waals surface area contributed by atoms with Gasteiger partial charge in [-0.2, -0.15) is 0 Å². The van der Waals surface area contributed by atoms with Gasteiger partial charge in [-0.3, -0.25) is 4.79 Å². The second-order valence-corrected chi connectivity index (χ2v) is 5.32. The number of rotatable bonds is 5. The summed E-state index contributed by atoms with van der Waals surface area (Å²) in [5, 5.41) is 2.69. The van der Waals surface area contributed by atoms with Gasteiger partial charge < -0.3 is 10.2 Å². The van der Waals surface area contributed by atoms with Crippen LogP contribution in [0.2, 0.25) is 0 Å². The van der Waals surface area contributed by atoms with Gasteiger partial charge in [0.05, 0.1) is 6.54 Å². The molecule has 2 rings (SSSR count). The minimum atomic E-state index is 0.0271. The molecular formula is C15H24N4O. The summed E-state index contributed by atoms with van der Waals surface area (Å²) in [7, 11) is 1.67. The molecule has 0 aromatic carbocycles. The topological polar surface area (TPSA) is 58.1 Å². The third-order valence-electron chi connectivity index (χ3n) is 3.68. The van der Waals surface area contributed by atoms with E-state index in [0.717, 1.165) is 37.4 Å². The van der Waals surface area contributed by atoms with Crippen LogP contribution in [0.4, 0.5) is 5.82 Å². The number of amides is 1. The summed E-state index contributed by atoms with van der Waals surface area (Å²) in [6.45, 7) is 5.27. The second kappa shape index (κ2) is 6.68. The molecule has 5 heteroatoms. The van der Waals surface area contributed by atoms with Crippen molar-refractivity contribution in [3.63, 3.8) is 0 Å². The number of nitrogens with one attached hydrogen (secondary N) is 1. The van der Waals surface area contributed by atoms with Crippen LogP contribution >= 0.6 is 0 Å². The summed E-state index contributed by atoms with van der Waals surface area (Å²) in [4.78, 5) is 23.0. The van der Waals surface area contributed by atoms with Crippen molar-refractivity contribution < 1.29 is 4.79 Å². The lowest BCUT2D eigenvalue weighted by atomic mass is 9.96. The molecule has 1 N–H and O–H groups in total. The maximum absolute atomic E-state index is 11.7. The molecule has 110 valence electrons. The van der Waals surface area contributed by atoms with Gasteiger partial charge in [-0.05, 0) is 39.0 Å².